The van der Waals surface area contributed by atoms with Gasteiger partial charge in [0.2, 0.25) is 0 Å². The molecule has 8 nitrogen and oxygen atoms in total. The third-order valence-electron chi connectivity index (χ3n) is 5.92. The van der Waals surface area contributed by atoms with Crippen LogP contribution in [0.5, 0.6) is 0 Å². The van der Waals surface area contributed by atoms with Crippen molar-refractivity contribution < 1.29 is 23.5 Å². The number of H-pyrrole nitrogens is 1. The number of carbonyl (C=O) groups is 2. The average molecular weight is 466 g/mol. The lowest BCUT2D eigenvalue weighted by Crippen LogP contribution is -2.36. The number of rotatable bonds is 6. The van der Waals surface area contributed by atoms with Crippen molar-refractivity contribution in [3.63, 3.8) is 0 Å². The molecule has 9 heteroatoms. The first-order chi connectivity index (χ1) is 16.3. The van der Waals surface area contributed by atoms with E-state index in [4.69, 9.17) is 9.47 Å². The number of hydrogen-bond acceptors (Lipinski definition) is 6. The molecule has 1 fully saturated rings. The Morgan fingerprint density at radius 2 is 1.59 bits per heavy atom. The van der Waals surface area contributed by atoms with Crippen LogP contribution >= 0.6 is 0 Å². The second kappa shape index (κ2) is 9.86. The summed E-state index contributed by atoms with van der Waals surface area (Å²) in [4.78, 5) is 51.3. The molecule has 1 heterocycles. The lowest BCUT2D eigenvalue weighted by atomic mass is 10.1. The Morgan fingerprint density at radius 1 is 1.00 bits per heavy atom. The van der Waals surface area contributed by atoms with E-state index in [9.17, 15) is 19.2 Å². The molecule has 176 valence electrons. The molecule has 1 N–H and O–H groups in total. The predicted molar refractivity (Wildman–Crippen MR) is 120 cm³/mol. The highest BCUT2D eigenvalue weighted by molar-refractivity contribution is 5.90. The number of benzene rings is 2. The number of aromatic nitrogens is 2. The zero-order chi connectivity index (χ0) is 24.2. The van der Waals surface area contributed by atoms with E-state index in [0.29, 0.717) is 11.1 Å². The van der Waals surface area contributed by atoms with Crippen molar-refractivity contribution in [2.75, 3.05) is 6.61 Å². The van der Waals surface area contributed by atoms with Crippen LogP contribution < -0.4 is 11.2 Å². The van der Waals surface area contributed by atoms with Crippen LogP contribution in [0.1, 0.15) is 38.7 Å². The van der Waals surface area contributed by atoms with E-state index in [-0.39, 0.29) is 18.6 Å². The number of nitrogens with one attached hydrogen (secondary N) is 1. The molecule has 4 atom stereocenters. The van der Waals surface area contributed by atoms with Gasteiger partial charge in [-0.05, 0) is 31.2 Å². The Bertz CT molecular complexity index is 1290. The molecule has 0 radical (unpaired) electrons. The Balaban J connectivity index is 1.59. The fourth-order valence-electron chi connectivity index (χ4n) is 4.08. The summed E-state index contributed by atoms with van der Waals surface area (Å²) in [7, 11) is 0. The van der Waals surface area contributed by atoms with E-state index in [2.05, 4.69) is 4.98 Å². The van der Waals surface area contributed by atoms with Gasteiger partial charge in [0.15, 0.2) is 0 Å². The normalized spacial score (nSPS) is 21.7. The Labute approximate surface area is 194 Å². The summed E-state index contributed by atoms with van der Waals surface area (Å²) in [5, 5.41) is 0. The highest BCUT2D eigenvalue weighted by Crippen LogP contribution is 2.39. The van der Waals surface area contributed by atoms with Crippen molar-refractivity contribution in [3.8, 4) is 0 Å². The van der Waals surface area contributed by atoms with Crippen molar-refractivity contribution in [1.82, 2.24) is 9.55 Å². The van der Waals surface area contributed by atoms with Crippen LogP contribution in [0.25, 0.3) is 0 Å². The van der Waals surface area contributed by atoms with Gasteiger partial charge in [0.1, 0.15) is 18.9 Å². The predicted octanol–water partition coefficient (Wildman–Crippen LogP) is 2.83. The summed E-state index contributed by atoms with van der Waals surface area (Å²) in [5.41, 5.74) is -0.492. The number of ether oxygens (including phenoxy) is 2. The number of aryl methyl sites for hydroxylation is 1. The molecule has 2 aromatic carbocycles. The second-order valence-corrected chi connectivity index (χ2v) is 8.16. The van der Waals surface area contributed by atoms with Gasteiger partial charge in [-0.1, -0.05) is 36.4 Å². The molecule has 0 bridgehead atoms. The van der Waals surface area contributed by atoms with Crippen molar-refractivity contribution >= 4 is 11.9 Å². The van der Waals surface area contributed by atoms with Gasteiger partial charge >= 0.3 is 17.6 Å². The van der Waals surface area contributed by atoms with Crippen LogP contribution in [0.15, 0.2) is 76.4 Å². The summed E-state index contributed by atoms with van der Waals surface area (Å²) in [6.07, 6.45) is -1.39. The fraction of sp³-hybridized carbons (Fsp3) is 0.280. The smallest absolute Gasteiger partial charge is 0.338 e. The summed E-state index contributed by atoms with van der Waals surface area (Å²) in [6.45, 7) is 1.15. The topological polar surface area (TPSA) is 107 Å². The molecule has 0 unspecified atom stereocenters. The lowest BCUT2D eigenvalue weighted by Gasteiger charge is -2.21. The number of aromatic amines is 1. The molecule has 1 aliphatic rings. The third-order valence-corrected chi connectivity index (χ3v) is 5.92. The van der Waals surface area contributed by atoms with Crippen LogP contribution in [0.3, 0.4) is 0 Å². The zero-order valence-electron chi connectivity index (χ0n) is 18.3. The number of alkyl halides is 1. The molecule has 4 rings (SSSR count). The van der Waals surface area contributed by atoms with Crippen molar-refractivity contribution in [3.05, 3.63) is 104 Å². The number of nitrogens with zero attached hydrogens (tertiary/aromatic N) is 1. The Kier molecular flexibility index (Phi) is 6.72. The molecular weight excluding hydrogens is 443 g/mol. The first kappa shape index (κ1) is 23.2. The first-order valence-corrected chi connectivity index (χ1v) is 10.8. The number of carbonyl (C=O) groups excluding carboxylic acids is 2. The highest BCUT2D eigenvalue weighted by Gasteiger charge is 2.48. The van der Waals surface area contributed by atoms with E-state index in [0.717, 1.165) is 4.57 Å². The molecular formula is C25H23FN2O6. The van der Waals surface area contributed by atoms with Gasteiger partial charge in [-0.15, -0.1) is 0 Å². The zero-order valence-corrected chi connectivity index (χ0v) is 18.3. The minimum Gasteiger partial charge on any atom is -0.462 e. The lowest BCUT2D eigenvalue weighted by molar-refractivity contribution is -0.00436. The van der Waals surface area contributed by atoms with Gasteiger partial charge in [0.25, 0.3) is 5.56 Å². The monoisotopic (exact) mass is 466 g/mol. The number of hydrogen-bond donors (Lipinski definition) is 1. The minimum atomic E-state index is -1.68. The Morgan fingerprint density at radius 3 is 2.21 bits per heavy atom. The maximum atomic E-state index is 15.7. The van der Waals surface area contributed by atoms with Gasteiger partial charge in [-0.3, -0.25) is 14.3 Å². The maximum absolute atomic E-state index is 15.7. The van der Waals surface area contributed by atoms with E-state index in [1.165, 1.54) is 13.1 Å². The quantitative estimate of drug-likeness (QED) is 0.560. The summed E-state index contributed by atoms with van der Waals surface area (Å²) >= 11 is 0. The van der Waals surface area contributed by atoms with Gasteiger partial charge in [0.05, 0.1) is 23.1 Å². The molecule has 0 aliphatic heterocycles. The summed E-state index contributed by atoms with van der Waals surface area (Å²) in [5.74, 6) is -2.30. The van der Waals surface area contributed by atoms with Crippen LogP contribution in [-0.2, 0) is 9.47 Å². The SMILES string of the molecule is Cc1cn([C@H]2C[C@H](OC(=O)c3ccccc3)[C@@H](COC(=O)c3ccccc3)[C@@H]2F)c(=O)[nH]c1=O. The highest BCUT2D eigenvalue weighted by atomic mass is 19.1. The number of halogens is 1. The first-order valence-electron chi connectivity index (χ1n) is 10.8. The van der Waals surface area contributed by atoms with Crippen molar-refractivity contribution in [2.24, 2.45) is 5.92 Å². The van der Waals surface area contributed by atoms with Crippen LogP contribution in [0, 0.1) is 12.8 Å². The fourth-order valence-corrected chi connectivity index (χ4v) is 4.08. The molecule has 1 aliphatic carbocycles. The minimum absolute atomic E-state index is 0.0291. The van der Waals surface area contributed by atoms with Crippen molar-refractivity contribution in [1.29, 1.82) is 0 Å². The van der Waals surface area contributed by atoms with E-state index in [1.807, 2.05) is 0 Å². The molecule has 1 saturated carbocycles. The standard InChI is InChI=1S/C25H23FN2O6/c1-15-13-28(25(32)27-22(15)29)19-12-20(34-24(31)17-10-6-3-7-11-17)18(21(19)26)14-33-23(30)16-8-4-2-5-9-16/h2-11,13,18-21H,12,14H2,1H3,(H,27,29,32)/t18-,19+,20+,21+/m1/s1. The third kappa shape index (κ3) is 4.83. The molecule has 0 amide bonds. The summed E-state index contributed by atoms with van der Waals surface area (Å²) < 4.78 is 27.7. The van der Waals surface area contributed by atoms with E-state index >= 15 is 4.39 Å². The van der Waals surface area contributed by atoms with Crippen LogP contribution in [0.4, 0.5) is 4.39 Å². The molecule has 34 heavy (non-hydrogen) atoms. The second-order valence-electron chi connectivity index (χ2n) is 8.16. The molecule has 0 spiro atoms. The van der Waals surface area contributed by atoms with Gasteiger partial charge in [-0.2, -0.15) is 0 Å². The van der Waals surface area contributed by atoms with Crippen molar-refractivity contribution in [2.45, 2.75) is 31.7 Å². The van der Waals surface area contributed by atoms with Gasteiger partial charge in [0, 0.05) is 18.2 Å². The largest absolute Gasteiger partial charge is 0.462 e. The Hall–Kier alpha value is -4.01. The summed E-state index contributed by atoms with van der Waals surface area (Å²) in [6, 6.07) is 15.5. The molecule has 1 aromatic heterocycles. The molecule has 0 saturated heterocycles. The van der Waals surface area contributed by atoms with E-state index in [1.54, 1.807) is 60.7 Å². The van der Waals surface area contributed by atoms with Gasteiger partial charge in [-0.25, -0.2) is 18.8 Å². The number of esters is 2. The van der Waals surface area contributed by atoms with Crippen LogP contribution in [0.2, 0.25) is 0 Å². The van der Waals surface area contributed by atoms with E-state index < -0.39 is 47.4 Å². The molecule has 3 aromatic rings. The van der Waals surface area contributed by atoms with Gasteiger partial charge < -0.3 is 9.47 Å². The maximum Gasteiger partial charge on any atom is 0.338 e. The average Bonchev–Trinajstić information content (AvgIpc) is 3.15. The van der Waals surface area contributed by atoms with Crippen LogP contribution in [-0.4, -0.2) is 40.4 Å².